The standard InChI is InChI=1S/C16H16N6O2/c17-8-11-14(15(18)23)20-12(9-19-11)16-21-13(24-22-16)7-6-10-4-2-1-3-5-10/h1-5,9H,6-8,17H2,(H2,18,23). The highest BCUT2D eigenvalue weighted by Gasteiger charge is 2.16. The second-order valence-corrected chi connectivity index (χ2v) is 5.12. The van der Waals surface area contributed by atoms with Crippen molar-refractivity contribution >= 4 is 5.91 Å². The van der Waals surface area contributed by atoms with Gasteiger partial charge in [0.05, 0.1) is 11.9 Å². The van der Waals surface area contributed by atoms with E-state index in [-0.39, 0.29) is 18.1 Å². The van der Waals surface area contributed by atoms with Gasteiger partial charge in [-0.2, -0.15) is 4.98 Å². The molecule has 8 nitrogen and oxygen atoms in total. The zero-order valence-corrected chi connectivity index (χ0v) is 12.8. The van der Waals surface area contributed by atoms with Gasteiger partial charge >= 0.3 is 0 Å². The van der Waals surface area contributed by atoms with E-state index < -0.39 is 5.91 Å². The number of aryl methyl sites for hydroxylation is 2. The molecule has 0 aliphatic rings. The predicted molar refractivity (Wildman–Crippen MR) is 85.6 cm³/mol. The molecule has 2 aromatic heterocycles. The molecule has 2 heterocycles. The van der Waals surface area contributed by atoms with Gasteiger partial charge in [0.25, 0.3) is 5.91 Å². The van der Waals surface area contributed by atoms with Crippen molar-refractivity contribution in [1.82, 2.24) is 20.1 Å². The van der Waals surface area contributed by atoms with Gasteiger partial charge in [-0.15, -0.1) is 0 Å². The molecular formula is C16H16N6O2. The molecule has 0 aliphatic heterocycles. The maximum absolute atomic E-state index is 11.4. The van der Waals surface area contributed by atoms with Crippen LogP contribution in [0.15, 0.2) is 41.1 Å². The molecule has 4 N–H and O–H groups in total. The molecule has 122 valence electrons. The summed E-state index contributed by atoms with van der Waals surface area (Å²) in [6, 6.07) is 10.00. The zero-order chi connectivity index (χ0) is 16.9. The minimum atomic E-state index is -0.697. The molecule has 0 atom stereocenters. The van der Waals surface area contributed by atoms with Crippen LogP contribution >= 0.6 is 0 Å². The second kappa shape index (κ2) is 6.97. The van der Waals surface area contributed by atoms with Crippen molar-refractivity contribution < 1.29 is 9.32 Å². The van der Waals surface area contributed by atoms with Crippen LogP contribution in [0.25, 0.3) is 11.5 Å². The molecule has 0 aliphatic carbocycles. The number of carbonyl (C=O) groups excluding carboxylic acids is 1. The summed E-state index contributed by atoms with van der Waals surface area (Å²) in [7, 11) is 0. The zero-order valence-electron chi connectivity index (χ0n) is 12.8. The van der Waals surface area contributed by atoms with E-state index in [9.17, 15) is 4.79 Å². The van der Waals surface area contributed by atoms with Crippen LogP contribution in [0.3, 0.4) is 0 Å². The third-order valence-electron chi connectivity index (χ3n) is 3.44. The van der Waals surface area contributed by atoms with Gasteiger partial charge in [0, 0.05) is 13.0 Å². The SMILES string of the molecule is NCc1ncc(-c2noc(CCc3ccccc3)n2)nc1C(N)=O. The van der Waals surface area contributed by atoms with Gasteiger partial charge in [0.2, 0.25) is 11.7 Å². The van der Waals surface area contributed by atoms with Crippen LogP contribution in [0.2, 0.25) is 0 Å². The molecule has 3 rings (SSSR count). The predicted octanol–water partition coefficient (Wildman–Crippen LogP) is 0.869. The van der Waals surface area contributed by atoms with Crippen molar-refractivity contribution in [2.45, 2.75) is 19.4 Å². The summed E-state index contributed by atoms with van der Waals surface area (Å²) in [6.45, 7) is 0.0696. The molecule has 0 saturated heterocycles. The summed E-state index contributed by atoms with van der Waals surface area (Å²) in [5, 5.41) is 3.88. The Hall–Kier alpha value is -3.13. The van der Waals surface area contributed by atoms with E-state index in [0.717, 1.165) is 6.42 Å². The topological polar surface area (TPSA) is 134 Å². The monoisotopic (exact) mass is 324 g/mol. The largest absolute Gasteiger partial charge is 0.364 e. The first-order chi connectivity index (χ1) is 11.7. The van der Waals surface area contributed by atoms with E-state index in [1.165, 1.54) is 11.8 Å². The summed E-state index contributed by atoms with van der Waals surface area (Å²) < 4.78 is 5.23. The average Bonchev–Trinajstić information content (AvgIpc) is 3.09. The van der Waals surface area contributed by atoms with E-state index in [2.05, 4.69) is 20.1 Å². The molecule has 0 saturated carbocycles. The molecule has 0 radical (unpaired) electrons. The van der Waals surface area contributed by atoms with E-state index in [1.807, 2.05) is 30.3 Å². The molecule has 0 spiro atoms. The van der Waals surface area contributed by atoms with Crippen molar-refractivity contribution in [2.75, 3.05) is 0 Å². The molecule has 0 unspecified atom stereocenters. The normalized spacial score (nSPS) is 10.7. The Morgan fingerprint density at radius 3 is 2.62 bits per heavy atom. The lowest BCUT2D eigenvalue weighted by molar-refractivity contribution is 0.0994. The lowest BCUT2D eigenvalue weighted by atomic mass is 10.1. The highest BCUT2D eigenvalue weighted by Crippen LogP contribution is 2.15. The molecule has 8 heteroatoms. The number of amides is 1. The molecule has 3 aromatic rings. The van der Waals surface area contributed by atoms with Gasteiger partial charge in [0.1, 0.15) is 5.69 Å². The maximum Gasteiger partial charge on any atom is 0.269 e. The minimum absolute atomic E-state index is 0.0191. The Kier molecular flexibility index (Phi) is 4.57. The first-order valence-corrected chi connectivity index (χ1v) is 7.40. The molecule has 0 bridgehead atoms. The quantitative estimate of drug-likeness (QED) is 0.687. The van der Waals surface area contributed by atoms with E-state index in [4.69, 9.17) is 16.0 Å². The summed E-state index contributed by atoms with van der Waals surface area (Å²) in [5.74, 6) is 0.0495. The van der Waals surface area contributed by atoms with Gasteiger partial charge in [0.15, 0.2) is 5.69 Å². The smallest absolute Gasteiger partial charge is 0.269 e. The average molecular weight is 324 g/mol. The first-order valence-electron chi connectivity index (χ1n) is 7.40. The number of benzene rings is 1. The molecule has 1 amide bonds. The number of rotatable bonds is 6. The third kappa shape index (κ3) is 3.44. The van der Waals surface area contributed by atoms with E-state index in [0.29, 0.717) is 23.7 Å². The van der Waals surface area contributed by atoms with Crippen LogP contribution in [0.4, 0.5) is 0 Å². The van der Waals surface area contributed by atoms with Crippen LogP contribution in [0, 0.1) is 0 Å². The van der Waals surface area contributed by atoms with Crippen LogP contribution in [0.1, 0.15) is 27.6 Å². The van der Waals surface area contributed by atoms with Crippen LogP contribution in [-0.4, -0.2) is 26.0 Å². The Balaban J connectivity index is 1.78. The van der Waals surface area contributed by atoms with Crippen molar-refractivity contribution in [3.8, 4) is 11.5 Å². The highest BCUT2D eigenvalue weighted by atomic mass is 16.5. The minimum Gasteiger partial charge on any atom is -0.364 e. The number of hydrogen-bond donors (Lipinski definition) is 2. The van der Waals surface area contributed by atoms with Crippen LogP contribution in [0.5, 0.6) is 0 Å². The van der Waals surface area contributed by atoms with Gasteiger partial charge < -0.3 is 16.0 Å². The Morgan fingerprint density at radius 2 is 1.92 bits per heavy atom. The van der Waals surface area contributed by atoms with Crippen LogP contribution < -0.4 is 11.5 Å². The summed E-state index contributed by atoms with van der Waals surface area (Å²) >= 11 is 0. The lowest BCUT2D eigenvalue weighted by Crippen LogP contribution is -2.19. The van der Waals surface area contributed by atoms with Crippen LogP contribution in [-0.2, 0) is 19.4 Å². The Labute approximate surface area is 137 Å². The third-order valence-corrected chi connectivity index (χ3v) is 3.44. The Bertz CT molecular complexity index is 847. The van der Waals surface area contributed by atoms with Gasteiger partial charge in [-0.05, 0) is 12.0 Å². The summed E-state index contributed by atoms with van der Waals surface area (Å²) in [4.78, 5) is 23.9. The number of aromatic nitrogens is 4. The molecule has 24 heavy (non-hydrogen) atoms. The van der Waals surface area contributed by atoms with Crippen molar-refractivity contribution in [3.05, 3.63) is 59.4 Å². The van der Waals surface area contributed by atoms with E-state index in [1.54, 1.807) is 0 Å². The first kappa shape index (κ1) is 15.8. The number of carbonyl (C=O) groups is 1. The molecule has 0 fully saturated rings. The highest BCUT2D eigenvalue weighted by molar-refractivity contribution is 5.92. The van der Waals surface area contributed by atoms with Gasteiger partial charge in [-0.25, -0.2) is 4.98 Å². The number of nitrogens with two attached hydrogens (primary N) is 2. The fourth-order valence-corrected chi connectivity index (χ4v) is 2.22. The fourth-order valence-electron chi connectivity index (χ4n) is 2.22. The van der Waals surface area contributed by atoms with Crippen molar-refractivity contribution in [3.63, 3.8) is 0 Å². The number of nitrogens with zero attached hydrogens (tertiary/aromatic N) is 4. The van der Waals surface area contributed by atoms with Crippen molar-refractivity contribution in [1.29, 1.82) is 0 Å². The Morgan fingerprint density at radius 1 is 1.12 bits per heavy atom. The lowest BCUT2D eigenvalue weighted by Gasteiger charge is -2.03. The maximum atomic E-state index is 11.4. The van der Waals surface area contributed by atoms with Crippen molar-refractivity contribution in [2.24, 2.45) is 11.5 Å². The number of primary amides is 1. The summed E-state index contributed by atoms with van der Waals surface area (Å²) in [6.07, 6.45) is 2.83. The second-order valence-electron chi connectivity index (χ2n) is 5.12. The van der Waals surface area contributed by atoms with Gasteiger partial charge in [-0.3, -0.25) is 9.78 Å². The number of hydrogen-bond acceptors (Lipinski definition) is 7. The molecular weight excluding hydrogens is 308 g/mol. The fraction of sp³-hybridized carbons (Fsp3) is 0.188. The summed E-state index contributed by atoms with van der Waals surface area (Å²) in [5.41, 5.74) is 12.7. The van der Waals surface area contributed by atoms with E-state index >= 15 is 0 Å². The molecule has 1 aromatic carbocycles. The van der Waals surface area contributed by atoms with Gasteiger partial charge in [-0.1, -0.05) is 35.5 Å².